The van der Waals surface area contributed by atoms with Crippen LogP contribution in [0.15, 0.2) is 24.3 Å². The Bertz CT molecular complexity index is 703. The monoisotopic (exact) mass is 254 g/mol. The summed E-state index contributed by atoms with van der Waals surface area (Å²) in [6.07, 6.45) is 0. The molecular formula is C9H6N2O3S2. The number of rotatable bonds is 0. The van der Waals surface area contributed by atoms with Gasteiger partial charge in [0.05, 0.1) is 5.69 Å². The molecule has 0 aliphatic carbocycles. The summed E-state index contributed by atoms with van der Waals surface area (Å²) in [5, 5.41) is 0.751. The van der Waals surface area contributed by atoms with Crippen LogP contribution in [-0.4, -0.2) is 14.3 Å². The molecule has 1 aliphatic heterocycles. The zero-order valence-corrected chi connectivity index (χ0v) is 9.48. The first-order valence-corrected chi connectivity index (χ1v) is 6.73. The van der Waals surface area contributed by atoms with E-state index in [1.165, 1.54) is 11.3 Å². The molecule has 0 atom stereocenters. The number of anilines is 1. The third kappa shape index (κ3) is 1.29. The molecule has 0 unspecified atom stereocenters. The van der Waals surface area contributed by atoms with E-state index in [1.54, 1.807) is 12.1 Å². The van der Waals surface area contributed by atoms with E-state index in [9.17, 15) is 13.2 Å². The van der Waals surface area contributed by atoms with Gasteiger partial charge in [-0.2, -0.15) is 8.42 Å². The highest BCUT2D eigenvalue weighted by atomic mass is 32.2. The first-order valence-electron chi connectivity index (χ1n) is 4.43. The quantitative estimate of drug-likeness (QED) is 0.744. The van der Waals surface area contributed by atoms with Crippen LogP contribution in [0.2, 0.25) is 0 Å². The second-order valence-corrected chi connectivity index (χ2v) is 5.81. The lowest BCUT2D eigenvalue weighted by atomic mass is 10.2. The zero-order chi connectivity index (χ0) is 11.3. The van der Waals surface area contributed by atoms with Gasteiger partial charge < -0.3 is 0 Å². The highest BCUT2D eigenvalue weighted by Gasteiger charge is 2.29. The standard InChI is InChI=1S/C9H6N2O3S2/c12-9-8-7(10-16(13,14)11-9)5-3-1-2-4-6(5)15-8/h1-4,10H,(H,11,12). The predicted octanol–water partition coefficient (Wildman–Crippen LogP) is 1.30. The largest absolute Gasteiger partial charge is 0.324 e. The van der Waals surface area contributed by atoms with Crippen LogP contribution in [0.25, 0.3) is 10.1 Å². The molecule has 0 saturated heterocycles. The molecule has 0 bridgehead atoms. The summed E-state index contributed by atoms with van der Waals surface area (Å²) in [5.41, 5.74) is 0.379. The van der Waals surface area contributed by atoms with Crippen molar-refractivity contribution in [3.63, 3.8) is 0 Å². The average Bonchev–Trinajstić information content (AvgIpc) is 2.56. The summed E-state index contributed by atoms with van der Waals surface area (Å²) >= 11 is 1.27. The molecule has 16 heavy (non-hydrogen) atoms. The second-order valence-electron chi connectivity index (χ2n) is 3.34. The van der Waals surface area contributed by atoms with Gasteiger partial charge in [0, 0.05) is 10.1 Å². The molecule has 2 aromatic rings. The summed E-state index contributed by atoms with van der Waals surface area (Å²) in [7, 11) is -3.75. The van der Waals surface area contributed by atoms with Crippen molar-refractivity contribution >= 4 is 43.2 Å². The Morgan fingerprint density at radius 2 is 1.88 bits per heavy atom. The van der Waals surface area contributed by atoms with Gasteiger partial charge in [0.1, 0.15) is 4.88 Å². The number of hydrogen-bond donors (Lipinski definition) is 2. The van der Waals surface area contributed by atoms with Crippen molar-refractivity contribution in [3.05, 3.63) is 29.1 Å². The van der Waals surface area contributed by atoms with Crippen molar-refractivity contribution in [1.82, 2.24) is 4.72 Å². The van der Waals surface area contributed by atoms with Crippen LogP contribution in [0.5, 0.6) is 0 Å². The van der Waals surface area contributed by atoms with E-state index in [-0.39, 0.29) is 0 Å². The maximum Gasteiger partial charge on any atom is 0.324 e. The van der Waals surface area contributed by atoms with Crippen molar-refractivity contribution in [1.29, 1.82) is 0 Å². The number of nitrogens with one attached hydrogen (secondary N) is 2. The van der Waals surface area contributed by atoms with Gasteiger partial charge in [-0.25, -0.2) is 4.72 Å². The SMILES string of the molecule is O=C1NS(=O)(=O)Nc2c1sc1ccccc21. The molecule has 3 rings (SSSR count). The van der Waals surface area contributed by atoms with Gasteiger partial charge >= 0.3 is 10.2 Å². The Labute approximate surface area is 95.3 Å². The van der Waals surface area contributed by atoms with Gasteiger partial charge in [-0.05, 0) is 6.07 Å². The number of thiophene rings is 1. The smallest absolute Gasteiger partial charge is 0.267 e. The normalized spacial score (nSPS) is 17.6. The molecule has 1 aliphatic rings. The fourth-order valence-electron chi connectivity index (χ4n) is 1.63. The third-order valence-corrected chi connectivity index (χ3v) is 4.36. The molecule has 1 aromatic heterocycles. The summed E-state index contributed by atoms with van der Waals surface area (Å²) < 4.78 is 27.8. The molecule has 5 nitrogen and oxygen atoms in total. The molecule has 0 fully saturated rings. The van der Waals surface area contributed by atoms with Crippen LogP contribution in [0.3, 0.4) is 0 Å². The number of amides is 1. The summed E-state index contributed by atoms with van der Waals surface area (Å²) in [6, 6.07) is 7.28. The summed E-state index contributed by atoms with van der Waals surface area (Å²) in [4.78, 5) is 12.0. The first kappa shape index (κ1) is 9.61. The van der Waals surface area contributed by atoms with Crippen molar-refractivity contribution in [2.24, 2.45) is 0 Å². The third-order valence-electron chi connectivity index (χ3n) is 2.27. The second kappa shape index (κ2) is 2.96. The molecule has 7 heteroatoms. The minimum atomic E-state index is -3.75. The molecule has 0 saturated carbocycles. The Morgan fingerprint density at radius 1 is 1.12 bits per heavy atom. The van der Waals surface area contributed by atoms with Crippen molar-refractivity contribution in [2.75, 3.05) is 4.72 Å². The highest BCUT2D eigenvalue weighted by molar-refractivity contribution is 7.91. The number of benzene rings is 1. The molecule has 0 radical (unpaired) electrons. The van der Waals surface area contributed by atoms with Crippen molar-refractivity contribution in [3.8, 4) is 0 Å². The number of carbonyl (C=O) groups excluding carboxylic acids is 1. The van der Waals surface area contributed by atoms with Gasteiger partial charge in [-0.15, -0.1) is 11.3 Å². The number of hydrogen-bond acceptors (Lipinski definition) is 4. The van der Waals surface area contributed by atoms with Crippen molar-refractivity contribution in [2.45, 2.75) is 0 Å². The van der Waals surface area contributed by atoms with Crippen LogP contribution in [0, 0.1) is 0 Å². The zero-order valence-electron chi connectivity index (χ0n) is 7.85. The van der Waals surface area contributed by atoms with Crippen LogP contribution in [0.1, 0.15) is 9.67 Å². The maximum atomic E-state index is 11.6. The predicted molar refractivity (Wildman–Crippen MR) is 61.8 cm³/mol. The van der Waals surface area contributed by atoms with Crippen LogP contribution in [-0.2, 0) is 10.2 Å². The van der Waals surface area contributed by atoms with E-state index in [2.05, 4.69) is 4.72 Å². The molecule has 0 spiro atoms. The lowest BCUT2D eigenvalue weighted by molar-refractivity contribution is 0.0985. The molecular weight excluding hydrogens is 248 g/mol. The summed E-state index contributed by atoms with van der Waals surface area (Å²) in [6.45, 7) is 0. The molecule has 1 amide bonds. The fraction of sp³-hybridized carbons (Fsp3) is 0. The highest BCUT2D eigenvalue weighted by Crippen LogP contribution is 2.37. The average molecular weight is 254 g/mol. The van der Waals surface area contributed by atoms with E-state index in [4.69, 9.17) is 0 Å². The number of fused-ring (bicyclic) bond motifs is 3. The van der Waals surface area contributed by atoms with Crippen LogP contribution < -0.4 is 9.44 Å². The Balaban J connectivity index is 2.38. The van der Waals surface area contributed by atoms with E-state index < -0.39 is 16.1 Å². The molecule has 2 N–H and O–H groups in total. The van der Waals surface area contributed by atoms with Gasteiger partial charge in [0.25, 0.3) is 5.91 Å². The molecule has 82 valence electrons. The minimum absolute atomic E-state index is 0.379. The lowest BCUT2D eigenvalue weighted by Crippen LogP contribution is -2.39. The Morgan fingerprint density at radius 3 is 2.69 bits per heavy atom. The van der Waals surface area contributed by atoms with Gasteiger partial charge in [-0.3, -0.25) is 9.52 Å². The van der Waals surface area contributed by atoms with Crippen LogP contribution in [0.4, 0.5) is 5.69 Å². The Kier molecular flexibility index (Phi) is 1.78. The van der Waals surface area contributed by atoms with Crippen LogP contribution >= 0.6 is 11.3 Å². The van der Waals surface area contributed by atoms with E-state index >= 15 is 0 Å². The van der Waals surface area contributed by atoms with E-state index in [1.807, 2.05) is 16.9 Å². The van der Waals surface area contributed by atoms with Crippen molar-refractivity contribution < 1.29 is 13.2 Å². The lowest BCUT2D eigenvalue weighted by Gasteiger charge is -2.14. The van der Waals surface area contributed by atoms with Gasteiger partial charge in [-0.1, -0.05) is 18.2 Å². The first-order chi connectivity index (χ1) is 7.57. The van der Waals surface area contributed by atoms with Gasteiger partial charge in [0.2, 0.25) is 0 Å². The molecule has 1 aromatic carbocycles. The van der Waals surface area contributed by atoms with E-state index in [0.29, 0.717) is 10.6 Å². The van der Waals surface area contributed by atoms with Gasteiger partial charge in [0.15, 0.2) is 0 Å². The fourth-order valence-corrected chi connectivity index (χ4v) is 3.70. The summed E-state index contributed by atoms with van der Waals surface area (Å²) in [5.74, 6) is -0.574. The molecule has 2 heterocycles. The number of carbonyl (C=O) groups is 1. The maximum absolute atomic E-state index is 11.6. The van der Waals surface area contributed by atoms with E-state index in [0.717, 1.165) is 10.1 Å². The minimum Gasteiger partial charge on any atom is -0.267 e. The Hall–Kier alpha value is -1.60. The topological polar surface area (TPSA) is 75.3 Å².